The van der Waals surface area contributed by atoms with Crippen molar-refractivity contribution in [3.63, 3.8) is 0 Å². The van der Waals surface area contributed by atoms with Gasteiger partial charge in [0.2, 0.25) is 5.91 Å². The Bertz CT molecular complexity index is 761. The third-order valence-corrected chi connectivity index (χ3v) is 5.13. The van der Waals surface area contributed by atoms with Gasteiger partial charge < -0.3 is 4.90 Å². The maximum Gasteiger partial charge on any atom is 0.234 e. The Morgan fingerprint density at radius 1 is 0.958 bits per heavy atom. The van der Waals surface area contributed by atoms with Crippen molar-refractivity contribution in [3.05, 3.63) is 93.1 Å². The average molecular weight is 356 g/mol. The topological polar surface area (TPSA) is 20.3 Å². The van der Waals surface area contributed by atoms with Crippen LogP contribution < -0.4 is 0 Å². The average Bonchev–Trinajstić information content (AvgIpc) is 3.02. The minimum Gasteiger partial charge on any atom is -0.340 e. The van der Waals surface area contributed by atoms with Gasteiger partial charge in [0.1, 0.15) is 0 Å². The van der Waals surface area contributed by atoms with Crippen LogP contribution in [0.5, 0.6) is 0 Å². The summed E-state index contributed by atoms with van der Waals surface area (Å²) in [6.07, 6.45) is 0. The van der Waals surface area contributed by atoms with E-state index in [9.17, 15) is 4.79 Å². The second-order valence-corrected chi connectivity index (χ2v) is 7.45. The number of amides is 1. The SMILES string of the molecule is CN(Cc1ccc(Cl)s1)C(=O)C(c1ccccc1)c1ccccc1. The van der Waals surface area contributed by atoms with Crippen LogP contribution in [0.3, 0.4) is 0 Å². The smallest absolute Gasteiger partial charge is 0.234 e. The normalized spacial score (nSPS) is 10.8. The van der Waals surface area contributed by atoms with Crippen LogP contribution in [0.4, 0.5) is 0 Å². The van der Waals surface area contributed by atoms with E-state index >= 15 is 0 Å². The summed E-state index contributed by atoms with van der Waals surface area (Å²) in [5.41, 5.74) is 2.01. The van der Waals surface area contributed by atoms with Crippen LogP contribution in [0.15, 0.2) is 72.8 Å². The van der Waals surface area contributed by atoms with E-state index in [0.717, 1.165) is 20.3 Å². The quantitative estimate of drug-likeness (QED) is 0.616. The van der Waals surface area contributed by atoms with Crippen LogP contribution >= 0.6 is 22.9 Å². The van der Waals surface area contributed by atoms with Crippen molar-refractivity contribution in [1.82, 2.24) is 4.90 Å². The first-order chi connectivity index (χ1) is 11.6. The van der Waals surface area contributed by atoms with Gasteiger partial charge >= 0.3 is 0 Å². The summed E-state index contributed by atoms with van der Waals surface area (Å²) in [5, 5.41) is 0. The number of carbonyl (C=O) groups is 1. The molecule has 2 aromatic carbocycles. The molecule has 2 nitrogen and oxygen atoms in total. The molecule has 0 N–H and O–H groups in total. The fourth-order valence-electron chi connectivity index (χ4n) is 2.74. The molecular formula is C20H18ClNOS. The molecule has 3 rings (SSSR count). The lowest BCUT2D eigenvalue weighted by atomic mass is 9.90. The number of rotatable bonds is 5. The zero-order valence-corrected chi connectivity index (χ0v) is 14.9. The Balaban J connectivity index is 1.89. The van der Waals surface area contributed by atoms with Crippen molar-refractivity contribution in [3.8, 4) is 0 Å². The molecule has 0 spiro atoms. The van der Waals surface area contributed by atoms with Crippen molar-refractivity contribution >= 4 is 28.8 Å². The number of nitrogens with zero attached hydrogens (tertiary/aromatic N) is 1. The molecule has 0 saturated carbocycles. The highest BCUT2D eigenvalue weighted by Gasteiger charge is 2.25. The van der Waals surface area contributed by atoms with Gasteiger partial charge in [-0.3, -0.25) is 4.79 Å². The second kappa shape index (κ2) is 7.65. The summed E-state index contributed by atoms with van der Waals surface area (Å²) in [6.45, 7) is 0.562. The third kappa shape index (κ3) is 3.86. The first kappa shape index (κ1) is 16.7. The van der Waals surface area contributed by atoms with Gasteiger partial charge in [0, 0.05) is 11.9 Å². The maximum atomic E-state index is 13.2. The van der Waals surface area contributed by atoms with Gasteiger partial charge in [-0.25, -0.2) is 0 Å². The Hall–Kier alpha value is -2.10. The Labute approximate surface area is 151 Å². The van der Waals surface area contributed by atoms with Crippen LogP contribution in [-0.4, -0.2) is 17.9 Å². The molecule has 0 fully saturated rings. The predicted octanol–water partition coefficient (Wildman–Crippen LogP) is 5.19. The number of carbonyl (C=O) groups excluding carboxylic acids is 1. The molecule has 0 aliphatic carbocycles. The van der Waals surface area contributed by atoms with Crippen LogP contribution in [-0.2, 0) is 11.3 Å². The number of likely N-dealkylation sites (N-methyl/N-ethyl adjacent to an activating group) is 1. The highest BCUT2D eigenvalue weighted by atomic mass is 35.5. The summed E-state index contributed by atoms with van der Waals surface area (Å²) in [7, 11) is 1.84. The Morgan fingerprint density at radius 3 is 1.96 bits per heavy atom. The first-order valence-electron chi connectivity index (χ1n) is 7.74. The molecule has 0 aliphatic heterocycles. The molecule has 4 heteroatoms. The Kier molecular flexibility index (Phi) is 5.34. The lowest BCUT2D eigenvalue weighted by molar-refractivity contribution is -0.131. The summed E-state index contributed by atoms with van der Waals surface area (Å²) in [6, 6.07) is 23.7. The van der Waals surface area contributed by atoms with E-state index in [1.54, 1.807) is 4.90 Å². The van der Waals surface area contributed by atoms with Crippen LogP contribution in [0.25, 0.3) is 0 Å². The number of hydrogen-bond acceptors (Lipinski definition) is 2. The van der Waals surface area contributed by atoms with Gasteiger partial charge in [0.15, 0.2) is 0 Å². The lowest BCUT2D eigenvalue weighted by Crippen LogP contribution is -2.31. The van der Waals surface area contributed by atoms with Crippen LogP contribution in [0.1, 0.15) is 21.9 Å². The molecular weight excluding hydrogens is 338 g/mol. The molecule has 0 radical (unpaired) electrons. The maximum absolute atomic E-state index is 13.2. The molecule has 3 aromatic rings. The monoisotopic (exact) mass is 355 g/mol. The van der Waals surface area contributed by atoms with Crippen molar-refractivity contribution in [2.24, 2.45) is 0 Å². The molecule has 24 heavy (non-hydrogen) atoms. The number of halogens is 1. The van der Waals surface area contributed by atoms with E-state index in [1.807, 2.05) is 79.8 Å². The fraction of sp³-hybridized carbons (Fsp3) is 0.150. The number of hydrogen-bond donors (Lipinski definition) is 0. The summed E-state index contributed by atoms with van der Waals surface area (Å²) in [5.74, 6) is -0.218. The molecule has 0 aliphatic rings. The summed E-state index contributed by atoms with van der Waals surface area (Å²) >= 11 is 7.50. The number of thiophene rings is 1. The summed E-state index contributed by atoms with van der Waals surface area (Å²) < 4.78 is 0.744. The first-order valence-corrected chi connectivity index (χ1v) is 8.93. The molecule has 1 heterocycles. The molecule has 0 atom stereocenters. The fourth-order valence-corrected chi connectivity index (χ4v) is 3.88. The second-order valence-electron chi connectivity index (χ2n) is 5.65. The van der Waals surface area contributed by atoms with Gasteiger partial charge in [-0.1, -0.05) is 72.3 Å². The van der Waals surface area contributed by atoms with E-state index in [4.69, 9.17) is 11.6 Å². The van der Waals surface area contributed by atoms with Crippen molar-refractivity contribution < 1.29 is 4.79 Å². The minimum atomic E-state index is -0.298. The molecule has 1 amide bonds. The van der Waals surface area contributed by atoms with Gasteiger partial charge in [0.25, 0.3) is 0 Å². The molecule has 0 unspecified atom stereocenters. The lowest BCUT2D eigenvalue weighted by Gasteiger charge is -2.24. The Morgan fingerprint density at radius 2 is 1.50 bits per heavy atom. The van der Waals surface area contributed by atoms with Crippen molar-refractivity contribution in [1.29, 1.82) is 0 Å². The van der Waals surface area contributed by atoms with Crippen LogP contribution in [0, 0.1) is 0 Å². The van der Waals surface area contributed by atoms with E-state index in [0.29, 0.717) is 6.54 Å². The zero-order valence-electron chi connectivity index (χ0n) is 13.4. The van der Waals surface area contributed by atoms with Gasteiger partial charge in [-0.2, -0.15) is 0 Å². The molecule has 122 valence electrons. The summed E-state index contributed by atoms with van der Waals surface area (Å²) in [4.78, 5) is 16.0. The van der Waals surface area contributed by atoms with E-state index in [2.05, 4.69) is 0 Å². The van der Waals surface area contributed by atoms with Gasteiger partial charge in [0.05, 0.1) is 16.8 Å². The van der Waals surface area contributed by atoms with Crippen molar-refractivity contribution in [2.45, 2.75) is 12.5 Å². The third-order valence-electron chi connectivity index (χ3n) is 3.91. The predicted molar refractivity (Wildman–Crippen MR) is 101 cm³/mol. The van der Waals surface area contributed by atoms with Crippen molar-refractivity contribution in [2.75, 3.05) is 7.05 Å². The van der Waals surface area contributed by atoms with Gasteiger partial charge in [-0.05, 0) is 23.3 Å². The highest BCUT2D eigenvalue weighted by Crippen LogP contribution is 2.28. The van der Waals surface area contributed by atoms with Crippen LogP contribution in [0.2, 0.25) is 4.34 Å². The molecule has 0 bridgehead atoms. The molecule has 0 saturated heterocycles. The minimum absolute atomic E-state index is 0.0805. The standard InChI is InChI=1S/C20H18ClNOS/c1-22(14-17-12-13-18(21)24-17)20(23)19(15-8-4-2-5-9-15)16-10-6-3-7-11-16/h2-13,19H,14H2,1H3. The van der Waals surface area contributed by atoms with E-state index < -0.39 is 0 Å². The number of benzene rings is 2. The molecule has 1 aromatic heterocycles. The zero-order chi connectivity index (χ0) is 16.9. The van der Waals surface area contributed by atoms with Gasteiger partial charge in [-0.15, -0.1) is 11.3 Å². The highest BCUT2D eigenvalue weighted by molar-refractivity contribution is 7.16. The largest absolute Gasteiger partial charge is 0.340 e. The van der Waals surface area contributed by atoms with E-state index in [1.165, 1.54) is 11.3 Å². The van der Waals surface area contributed by atoms with E-state index in [-0.39, 0.29) is 11.8 Å².